The Kier molecular flexibility index (Phi) is 5.31. The summed E-state index contributed by atoms with van der Waals surface area (Å²) >= 11 is 1.52. The van der Waals surface area contributed by atoms with Crippen LogP contribution in [-0.2, 0) is 6.54 Å². The molecule has 0 N–H and O–H groups in total. The van der Waals surface area contributed by atoms with Gasteiger partial charge in [0.05, 0.1) is 29.6 Å². The van der Waals surface area contributed by atoms with Gasteiger partial charge in [-0.25, -0.2) is 4.98 Å². The molecule has 0 aliphatic heterocycles. The van der Waals surface area contributed by atoms with Crippen molar-refractivity contribution in [3.8, 4) is 5.75 Å². The first-order valence-electron chi connectivity index (χ1n) is 9.37. The summed E-state index contributed by atoms with van der Waals surface area (Å²) in [6, 6.07) is 17.2. The van der Waals surface area contributed by atoms with Crippen molar-refractivity contribution in [1.82, 2.24) is 14.8 Å². The molecule has 0 atom stereocenters. The Morgan fingerprint density at radius 3 is 2.69 bits per heavy atom. The van der Waals surface area contributed by atoms with Gasteiger partial charge in [0.25, 0.3) is 5.91 Å². The maximum atomic E-state index is 13.4. The number of aryl methyl sites for hydroxylation is 2. The fourth-order valence-electron chi connectivity index (χ4n) is 3.27. The Hall–Kier alpha value is -3.19. The van der Waals surface area contributed by atoms with Gasteiger partial charge >= 0.3 is 0 Å². The fourth-order valence-corrected chi connectivity index (χ4v) is 4.26. The average Bonchev–Trinajstić information content (AvgIpc) is 3.30. The highest BCUT2D eigenvalue weighted by Crippen LogP contribution is 2.30. The largest absolute Gasteiger partial charge is 0.497 e. The first kappa shape index (κ1) is 19.1. The third-order valence-corrected chi connectivity index (χ3v) is 5.77. The number of nitrogens with zero attached hydrogens (tertiary/aromatic N) is 4. The van der Waals surface area contributed by atoms with Crippen LogP contribution in [0.25, 0.3) is 10.2 Å². The molecule has 148 valence electrons. The number of carbonyl (C=O) groups is 1. The van der Waals surface area contributed by atoms with Crippen molar-refractivity contribution < 1.29 is 9.53 Å². The molecule has 0 radical (unpaired) electrons. The van der Waals surface area contributed by atoms with E-state index in [0.29, 0.717) is 29.5 Å². The molecule has 29 heavy (non-hydrogen) atoms. The maximum Gasteiger partial charge on any atom is 0.260 e. The predicted octanol–water partition coefficient (Wildman–Crippen LogP) is 4.47. The number of benzene rings is 2. The van der Waals surface area contributed by atoms with Crippen molar-refractivity contribution in [2.24, 2.45) is 0 Å². The highest BCUT2D eigenvalue weighted by Gasteiger charge is 2.22. The van der Waals surface area contributed by atoms with Crippen LogP contribution in [0.2, 0.25) is 0 Å². The summed E-state index contributed by atoms with van der Waals surface area (Å²) in [6.07, 6.45) is 0. The second-order valence-electron chi connectivity index (χ2n) is 6.80. The lowest BCUT2D eigenvalue weighted by Gasteiger charge is -2.20. The van der Waals surface area contributed by atoms with Crippen LogP contribution >= 0.6 is 11.3 Å². The summed E-state index contributed by atoms with van der Waals surface area (Å²) in [5, 5.41) is 5.20. The van der Waals surface area contributed by atoms with Crippen LogP contribution in [0, 0.1) is 13.8 Å². The molecule has 2 aromatic carbocycles. The number of aromatic nitrogens is 3. The molecule has 0 aliphatic carbocycles. The normalized spacial score (nSPS) is 11.0. The molecule has 1 amide bonds. The van der Waals surface area contributed by atoms with Gasteiger partial charge in [0.2, 0.25) is 0 Å². The molecule has 0 unspecified atom stereocenters. The van der Waals surface area contributed by atoms with Gasteiger partial charge in [-0.1, -0.05) is 29.5 Å². The zero-order valence-corrected chi connectivity index (χ0v) is 17.4. The number of rotatable bonds is 6. The Morgan fingerprint density at radius 1 is 1.14 bits per heavy atom. The summed E-state index contributed by atoms with van der Waals surface area (Å²) in [5.41, 5.74) is 3.49. The zero-order valence-electron chi connectivity index (χ0n) is 16.6. The lowest BCUT2D eigenvalue weighted by Crippen LogP contribution is -2.34. The summed E-state index contributed by atoms with van der Waals surface area (Å²) < 4.78 is 8.27. The van der Waals surface area contributed by atoms with E-state index in [2.05, 4.69) is 5.10 Å². The summed E-state index contributed by atoms with van der Waals surface area (Å²) in [5.74, 6) is 0.545. The zero-order chi connectivity index (χ0) is 20.4. The molecular weight excluding hydrogens is 384 g/mol. The molecule has 7 heteroatoms. The number of fused-ring (bicyclic) bond motifs is 1. The summed E-state index contributed by atoms with van der Waals surface area (Å²) in [4.78, 5) is 19.8. The Labute approximate surface area is 173 Å². The van der Waals surface area contributed by atoms with E-state index in [4.69, 9.17) is 9.72 Å². The highest BCUT2D eigenvalue weighted by atomic mass is 32.1. The van der Waals surface area contributed by atoms with E-state index < -0.39 is 0 Å². The molecule has 0 bridgehead atoms. The van der Waals surface area contributed by atoms with Gasteiger partial charge in [-0.05, 0) is 50.2 Å². The van der Waals surface area contributed by atoms with Gasteiger partial charge in [0.15, 0.2) is 5.13 Å². The van der Waals surface area contributed by atoms with E-state index >= 15 is 0 Å². The van der Waals surface area contributed by atoms with Gasteiger partial charge in [0.1, 0.15) is 5.75 Å². The van der Waals surface area contributed by atoms with E-state index in [1.54, 1.807) is 24.1 Å². The van der Waals surface area contributed by atoms with Crippen LogP contribution in [0.4, 0.5) is 5.13 Å². The van der Waals surface area contributed by atoms with E-state index in [9.17, 15) is 4.79 Å². The van der Waals surface area contributed by atoms with Crippen molar-refractivity contribution in [2.75, 3.05) is 18.6 Å². The van der Waals surface area contributed by atoms with Gasteiger partial charge in [0, 0.05) is 17.8 Å². The number of hydrogen-bond acceptors (Lipinski definition) is 5. The second kappa shape index (κ2) is 8.05. The monoisotopic (exact) mass is 406 g/mol. The number of carbonyl (C=O) groups excluding carboxylic acids is 1. The number of para-hydroxylation sites is 1. The molecule has 4 rings (SSSR count). The second-order valence-corrected chi connectivity index (χ2v) is 7.81. The van der Waals surface area contributed by atoms with Crippen molar-refractivity contribution in [3.63, 3.8) is 0 Å². The number of methoxy groups -OCH3 is 1. The fraction of sp³-hybridized carbons (Fsp3) is 0.227. The molecule has 0 aliphatic rings. The first-order chi connectivity index (χ1) is 14.0. The highest BCUT2D eigenvalue weighted by molar-refractivity contribution is 7.22. The van der Waals surface area contributed by atoms with Crippen LogP contribution in [0.3, 0.4) is 0 Å². The Morgan fingerprint density at radius 2 is 1.97 bits per heavy atom. The molecular formula is C22H22N4O2S. The maximum absolute atomic E-state index is 13.4. The molecule has 2 aromatic heterocycles. The Bertz CT molecular complexity index is 1130. The summed E-state index contributed by atoms with van der Waals surface area (Å²) in [7, 11) is 1.59. The van der Waals surface area contributed by atoms with Crippen molar-refractivity contribution in [2.45, 2.75) is 20.4 Å². The van der Waals surface area contributed by atoms with Crippen molar-refractivity contribution in [1.29, 1.82) is 0 Å². The van der Waals surface area contributed by atoms with E-state index in [1.807, 2.05) is 61.0 Å². The topological polar surface area (TPSA) is 60.2 Å². The molecule has 0 saturated carbocycles. The number of thiazole rings is 1. The predicted molar refractivity (Wildman–Crippen MR) is 116 cm³/mol. The van der Waals surface area contributed by atoms with E-state index in [-0.39, 0.29) is 5.91 Å². The van der Waals surface area contributed by atoms with E-state index in [1.165, 1.54) is 11.3 Å². The molecule has 6 nitrogen and oxygen atoms in total. The van der Waals surface area contributed by atoms with Gasteiger partial charge in [-0.3, -0.25) is 14.4 Å². The van der Waals surface area contributed by atoms with Crippen molar-refractivity contribution >= 4 is 32.6 Å². The van der Waals surface area contributed by atoms with Gasteiger partial charge < -0.3 is 4.74 Å². The van der Waals surface area contributed by atoms with Crippen LogP contribution in [-0.4, -0.2) is 34.3 Å². The quantitative estimate of drug-likeness (QED) is 0.474. The van der Waals surface area contributed by atoms with E-state index in [0.717, 1.165) is 21.6 Å². The van der Waals surface area contributed by atoms with Crippen LogP contribution in [0.15, 0.2) is 54.6 Å². The smallest absolute Gasteiger partial charge is 0.260 e. The number of hydrogen-bond donors (Lipinski definition) is 0. The molecule has 2 heterocycles. The van der Waals surface area contributed by atoms with Gasteiger partial charge in [-0.2, -0.15) is 5.10 Å². The van der Waals surface area contributed by atoms with Crippen LogP contribution in [0.5, 0.6) is 5.75 Å². The number of anilines is 1. The minimum absolute atomic E-state index is 0.107. The summed E-state index contributed by atoms with van der Waals surface area (Å²) in [6.45, 7) is 5.05. The molecule has 0 saturated heterocycles. The third-order valence-electron chi connectivity index (χ3n) is 4.71. The lowest BCUT2D eigenvalue weighted by molar-refractivity contribution is 0.0985. The SMILES string of the molecule is COc1cccc(C(=O)N(CCn2nc(C)cc2C)c2nc3ccccc3s2)c1. The molecule has 0 spiro atoms. The Balaban J connectivity index is 1.69. The van der Waals surface area contributed by atoms with Crippen molar-refractivity contribution in [3.05, 3.63) is 71.5 Å². The average molecular weight is 407 g/mol. The lowest BCUT2D eigenvalue weighted by atomic mass is 10.2. The first-order valence-corrected chi connectivity index (χ1v) is 10.2. The van der Waals surface area contributed by atoms with Crippen LogP contribution in [0.1, 0.15) is 21.7 Å². The molecule has 4 aromatic rings. The van der Waals surface area contributed by atoms with Crippen LogP contribution < -0.4 is 9.64 Å². The number of ether oxygens (including phenoxy) is 1. The molecule has 0 fully saturated rings. The minimum Gasteiger partial charge on any atom is -0.497 e. The standard InChI is InChI=1S/C22H22N4O2S/c1-15-13-16(2)26(24-15)12-11-25(21(27)17-7-6-8-18(14-17)28-3)22-23-19-9-4-5-10-20(19)29-22/h4-10,13-14H,11-12H2,1-3H3. The minimum atomic E-state index is -0.107. The van der Waals surface area contributed by atoms with Gasteiger partial charge in [-0.15, -0.1) is 0 Å². The third kappa shape index (κ3) is 4.00. The number of amides is 1.